The standard InChI is InChI=1S/C20H28ClN3O2/c1-24(15-7-3-2-4-8-15)20(26)16-11-10-14(13-17(16)21)23-19(25)18-9-5-6-12-22-18/h10-11,13,15,18,22H,2-9,12H2,1H3,(H,23,25). The van der Waals surface area contributed by atoms with Gasteiger partial charge in [0.05, 0.1) is 16.6 Å². The van der Waals surface area contributed by atoms with Gasteiger partial charge in [0, 0.05) is 18.8 Å². The molecule has 1 aromatic carbocycles. The number of hydrogen-bond acceptors (Lipinski definition) is 3. The van der Waals surface area contributed by atoms with Crippen LogP contribution in [-0.2, 0) is 4.79 Å². The monoisotopic (exact) mass is 377 g/mol. The van der Waals surface area contributed by atoms with Crippen molar-refractivity contribution in [3.8, 4) is 0 Å². The first kappa shape index (κ1) is 19.2. The van der Waals surface area contributed by atoms with Crippen LogP contribution in [0, 0.1) is 0 Å². The third-order valence-corrected chi connectivity index (χ3v) is 5.85. The molecule has 1 aromatic rings. The fraction of sp³-hybridized carbons (Fsp3) is 0.600. The molecule has 0 bridgehead atoms. The van der Waals surface area contributed by atoms with Crippen molar-refractivity contribution in [2.75, 3.05) is 18.9 Å². The summed E-state index contributed by atoms with van der Waals surface area (Å²) >= 11 is 6.36. The fourth-order valence-electron chi connectivity index (χ4n) is 3.90. The lowest BCUT2D eigenvalue weighted by Gasteiger charge is -2.31. The van der Waals surface area contributed by atoms with Crippen molar-refractivity contribution in [1.29, 1.82) is 0 Å². The van der Waals surface area contributed by atoms with E-state index in [1.165, 1.54) is 19.3 Å². The molecule has 1 saturated heterocycles. The number of piperidine rings is 1. The van der Waals surface area contributed by atoms with Crippen LogP contribution in [-0.4, -0.2) is 42.4 Å². The zero-order valence-corrected chi connectivity index (χ0v) is 16.1. The van der Waals surface area contributed by atoms with Crippen LogP contribution in [0.1, 0.15) is 61.7 Å². The third kappa shape index (κ3) is 4.57. The average Bonchev–Trinajstić information content (AvgIpc) is 2.68. The Balaban J connectivity index is 1.64. The van der Waals surface area contributed by atoms with Crippen LogP contribution in [0.25, 0.3) is 0 Å². The number of benzene rings is 1. The summed E-state index contributed by atoms with van der Waals surface area (Å²) in [6.07, 6.45) is 8.75. The Bertz CT molecular complexity index is 652. The van der Waals surface area contributed by atoms with E-state index in [2.05, 4.69) is 10.6 Å². The van der Waals surface area contributed by atoms with Gasteiger partial charge in [-0.05, 0) is 50.4 Å². The Labute approximate surface area is 160 Å². The van der Waals surface area contributed by atoms with Crippen molar-refractivity contribution < 1.29 is 9.59 Å². The van der Waals surface area contributed by atoms with Crippen molar-refractivity contribution in [1.82, 2.24) is 10.2 Å². The first-order valence-corrected chi connectivity index (χ1v) is 10.0. The molecular formula is C20H28ClN3O2. The topological polar surface area (TPSA) is 61.4 Å². The summed E-state index contributed by atoms with van der Waals surface area (Å²) in [7, 11) is 1.86. The molecule has 2 N–H and O–H groups in total. The fourth-order valence-corrected chi connectivity index (χ4v) is 4.16. The number of carbonyl (C=O) groups is 2. The van der Waals surface area contributed by atoms with Crippen molar-refractivity contribution >= 4 is 29.1 Å². The van der Waals surface area contributed by atoms with Crippen LogP contribution in [0.5, 0.6) is 0 Å². The van der Waals surface area contributed by atoms with E-state index in [0.717, 1.165) is 38.6 Å². The van der Waals surface area contributed by atoms with Crippen LogP contribution in [0.3, 0.4) is 0 Å². The second-order valence-electron chi connectivity index (χ2n) is 7.39. The van der Waals surface area contributed by atoms with Gasteiger partial charge in [-0.3, -0.25) is 9.59 Å². The number of halogens is 1. The highest BCUT2D eigenvalue weighted by Crippen LogP contribution is 2.26. The maximum absolute atomic E-state index is 12.8. The summed E-state index contributed by atoms with van der Waals surface area (Å²) in [5.74, 6) is -0.0899. The van der Waals surface area contributed by atoms with Crippen molar-refractivity contribution in [2.45, 2.75) is 63.5 Å². The SMILES string of the molecule is CN(C(=O)c1ccc(NC(=O)C2CCCCN2)cc1Cl)C1CCCCC1. The predicted octanol–water partition coefficient (Wildman–Crippen LogP) is 3.83. The van der Waals surface area contributed by atoms with Crippen LogP contribution in [0.15, 0.2) is 18.2 Å². The summed E-state index contributed by atoms with van der Waals surface area (Å²) in [4.78, 5) is 26.9. The molecule has 0 aromatic heterocycles. The van der Waals surface area contributed by atoms with E-state index in [1.54, 1.807) is 18.2 Å². The van der Waals surface area contributed by atoms with Gasteiger partial charge >= 0.3 is 0 Å². The van der Waals surface area contributed by atoms with Gasteiger partial charge in [0.15, 0.2) is 0 Å². The lowest BCUT2D eigenvalue weighted by molar-refractivity contribution is -0.118. The highest BCUT2D eigenvalue weighted by molar-refractivity contribution is 6.34. The van der Waals surface area contributed by atoms with E-state index in [4.69, 9.17) is 11.6 Å². The van der Waals surface area contributed by atoms with Gasteiger partial charge in [0.2, 0.25) is 5.91 Å². The molecule has 26 heavy (non-hydrogen) atoms. The number of amides is 2. The molecule has 142 valence electrons. The first-order chi connectivity index (χ1) is 12.6. The van der Waals surface area contributed by atoms with Gasteiger partial charge < -0.3 is 15.5 Å². The molecule has 1 heterocycles. The minimum atomic E-state index is -0.152. The van der Waals surface area contributed by atoms with Crippen molar-refractivity contribution in [3.63, 3.8) is 0 Å². The Morgan fingerprint density at radius 2 is 1.85 bits per heavy atom. The van der Waals surface area contributed by atoms with Crippen LogP contribution < -0.4 is 10.6 Å². The number of anilines is 1. The number of hydrogen-bond donors (Lipinski definition) is 2. The summed E-state index contributed by atoms with van der Waals surface area (Å²) < 4.78 is 0. The lowest BCUT2D eigenvalue weighted by atomic mass is 9.94. The van der Waals surface area contributed by atoms with E-state index in [1.807, 2.05) is 11.9 Å². The van der Waals surface area contributed by atoms with Gasteiger partial charge in [0.25, 0.3) is 5.91 Å². The Hall–Kier alpha value is -1.59. The second-order valence-corrected chi connectivity index (χ2v) is 7.80. The molecule has 5 nitrogen and oxygen atoms in total. The maximum atomic E-state index is 12.8. The Morgan fingerprint density at radius 1 is 1.12 bits per heavy atom. The quantitative estimate of drug-likeness (QED) is 0.838. The van der Waals surface area contributed by atoms with Crippen molar-refractivity contribution in [3.05, 3.63) is 28.8 Å². The van der Waals surface area contributed by atoms with Crippen LogP contribution >= 0.6 is 11.6 Å². The zero-order chi connectivity index (χ0) is 18.5. The third-order valence-electron chi connectivity index (χ3n) is 5.54. The van der Waals surface area contributed by atoms with Gasteiger partial charge in [0.1, 0.15) is 0 Å². The highest BCUT2D eigenvalue weighted by atomic mass is 35.5. The second kappa shape index (κ2) is 8.87. The molecule has 0 spiro atoms. The summed E-state index contributed by atoms with van der Waals surface area (Å²) in [5, 5.41) is 6.51. The molecule has 2 aliphatic rings. The summed E-state index contributed by atoms with van der Waals surface area (Å²) in [6.45, 7) is 0.875. The number of carbonyl (C=O) groups excluding carboxylic acids is 2. The molecule has 2 fully saturated rings. The van der Waals surface area contributed by atoms with E-state index in [0.29, 0.717) is 22.3 Å². The van der Waals surface area contributed by atoms with Crippen LogP contribution in [0.2, 0.25) is 5.02 Å². The zero-order valence-electron chi connectivity index (χ0n) is 15.4. The average molecular weight is 378 g/mol. The van der Waals surface area contributed by atoms with Gasteiger partial charge in [-0.2, -0.15) is 0 Å². The maximum Gasteiger partial charge on any atom is 0.255 e. The molecule has 2 amide bonds. The molecule has 1 saturated carbocycles. The van der Waals surface area contributed by atoms with E-state index < -0.39 is 0 Å². The minimum Gasteiger partial charge on any atom is -0.339 e. The predicted molar refractivity (Wildman–Crippen MR) is 105 cm³/mol. The Morgan fingerprint density at radius 3 is 2.50 bits per heavy atom. The van der Waals surface area contributed by atoms with E-state index >= 15 is 0 Å². The highest BCUT2D eigenvalue weighted by Gasteiger charge is 2.25. The molecule has 1 unspecified atom stereocenters. The molecule has 1 aliphatic heterocycles. The van der Waals surface area contributed by atoms with Gasteiger partial charge in [-0.1, -0.05) is 37.3 Å². The first-order valence-electron chi connectivity index (χ1n) is 9.67. The van der Waals surface area contributed by atoms with Gasteiger partial charge in [-0.25, -0.2) is 0 Å². The van der Waals surface area contributed by atoms with Gasteiger partial charge in [-0.15, -0.1) is 0 Å². The lowest BCUT2D eigenvalue weighted by Crippen LogP contribution is -2.43. The largest absolute Gasteiger partial charge is 0.339 e. The number of nitrogens with zero attached hydrogens (tertiary/aromatic N) is 1. The molecule has 6 heteroatoms. The number of rotatable bonds is 4. The van der Waals surface area contributed by atoms with E-state index in [9.17, 15) is 9.59 Å². The molecule has 0 radical (unpaired) electrons. The molecular weight excluding hydrogens is 350 g/mol. The normalized spacial score (nSPS) is 21.2. The Kier molecular flexibility index (Phi) is 6.54. The van der Waals surface area contributed by atoms with Crippen molar-refractivity contribution in [2.24, 2.45) is 0 Å². The van der Waals surface area contributed by atoms with E-state index in [-0.39, 0.29) is 17.9 Å². The smallest absolute Gasteiger partial charge is 0.255 e. The summed E-state index contributed by atoms with van der Waals surface area (Å²) in [6, 6.07) is 5.29. The van der Waals surface area contributed by atoms with Crippen LogP contribution in [0.4, 0.5) is 5.69 Å². The number of nitrogens with one attached hydrogen (secondary N) is 2. The minimum absolute atomic E-state index is 0.0424. The summed E-state index contributed by atoms with van der Waals surface area (Å²) in [5.41, 5.74) is 1.12. The molecule has 3 rings (SSSR count). The molecule has 1 aliphatic carbocycles. The molecule has 1 atom stereocenters.